The Morgan fingerprint density at radius 2 is 0.850 bits per heavy atom. The summed E-state index contributed by atoms with van der Waals surface area (Å²) in [5.74, 6) is 0. The van der Waals surface area contributed by atoms with Gasteiger partial charge in [0.1, 0.15) is 16.6 Å². The predicted octanol–water partition coefficient (Wildman–Crippen LogP) is 10.5. The van der Waals surface area contributed by atoms with Gasteiger partial charge in [-0.2, -0.15) is 15.3 Å². The van der Waals surface area contributed by atoms with E-state index in [1.54, 1.807) is 38.8 Å². The van der Waals surface area contributed by atoms with Crippen LogP contribution in [0.15, 0.2) is 197 Å². The maximum atomic E-state index is 4.32. The molecule has 0 unspecified atom stereocenters. The van der Waals surface area contributed by atoms with E-state index in [1.165, 1.54) is 50.2 Å². The minimum absolute atomic E-state index is 0.766. The fourth-order valence-electron chi connectivity index (χ4n) is 8.96. The molecule has 1 aromatic carbocycles. The molecule has 0 aliphatic carbocycles. The van der Waals surface area contributed by atoms with Gasteiger partial charge < -0.3 is 0 Å². The van der Waals surface area contributed by atoms with Gasteiger partial charge in [-0.25, -0.2) is 0 Å². The van der Waals surface area contributed by atoms with E-state index in [-0.39, 0.29) is 0 Å². The molecule has 16 rings (SSSR count). The van der Waals surface area contributed by atoms with Crippen molar-refractivity contribution in [1.29, 1.82) is 0 Å². The van der Waals surface area contributed by atoms with E-state index in [1.807, 2.05) is 159 Å². The lowest BCUT2D eigenvalue weighted by molar-refractivity contribution is 0.779. The number of nitrogens with zero attached hydrogens (tertiary/aromatic N) is 18. The van der Waals surface area contributed by atoms with Gasteiger partial charge >= 0.3 is 0 Å². The lowest BCUT2D eigenvalue weighted by Gasteiger charge is -1.94. The lowest BCUT2D eigenvalue weighted by Crippen LogP contribution is -1.94. The van der Waals surface area contributed by atoms with E-state index in [2.05, 4.69) is 118 Å². The fraction of sp³-hybridized carbons (Fsp3) is 0.210. The van der Waals surface area contributed by atoms with Crippen LogP contribution >= 0.6 is 0 Å². The monoisotopic (exact) mass is 1060 g/mol. The van der Waals surface area contributed by atoms with E-state index in [0.717, 1.165) is 99.8 Å². The molecule has 0 radical (unpaired) electrons. The first-order valence-electron chi connectivity index (χ1n) is 26.1. The molecule has 15 heterocycles. The van der Waals surface area contributed by atoms with E-state index < -0.39 is 0 Å². The van der Waals surface area contributed by atoms with Crippen LogP contribution in [0.3, 0.4) is 0 Å². The molecule has 0 N–H and O–H groups in total. The van der Waals surface area contributed by atoms with Crippen LogP contribution in [0.2, 0.25) is 0 Å². The molecule has 10 aromatic heterocycles. The van der Waals surface area contributed by atoms with E-state index in [4.69, 9.17) is 0 Å². The largest absolute Gasteiger partial charge is 0.285 e. The summed E-state index contributed by atoms with van der Waals surface area (Å²) in [7, 11) is 5.70. The molecule has 18 nitrogen and oxygen atoms in total. The molecule has 0 atom stereocenters. The quantitative estimate of drug-likeness (QED) is 0.140. The van der Waals surface area contributed by atoms with Crippen LogP contribution in [-0.2, 0) is 53.9 Å². The van der Waals surface area contributed by atoms with Gasteiger partial charge in [0, 0.05) is 163 Å². The molecule has 0 bridgehead atoms. The van der Waals surface area contributed by atoms with E-state index in [0.29, 0.717) is 0 Å². The first kappa shape index (κ1) is 54.8. The van der Waals surface area contributed by atoms with Crippen molar-refractivity contribution in [1.82, 2.24) is 64.2 Å². The van der Waals surface area contributed by atoms with Gasteiger partial charge in [0.25, 0.3) is 0 Å². The van der Waals surface area contributed by atoms with Crippen LogP contribution in [0, 0.1) is 0 Å². The molecule has 5 aliphatic rings. The third-order valence-corrected chi connectivity index (χ3v) is 13.2. The third-order valence-electron chi connectivity index (χ3n) is 13.2. The second-order valence-corrected chi connectivity index (χ2v) is 18.9. The normalized spacial score (nSPS) is 13.1. The molecule has 80 heavy (non-hydrogen) atoms. The van der Waals surface area contributed by atoms with Crippen molar-refractivity contribution in [3.8, 4) is 0 Å². The maximum absolute atomic E-state index is 4.32. The molecule has 11 aromatic rings. The van der Waals surface area contributed by atoms with E-state index >= 15 is 0 Å². The Kier molecular flexibility index (Phi) is 18.1. The summed E-state index contributed by atoms with van der Waals surface area (Å²) in [5, 5.41) is 14.7. The lowest BCUT2D eigenvalue weighted by atomic mass is 10.1. The number of hydrogen-bond acceptors (Lipinski definition) is 15. The summed E-state index contributed by atoms with van der Waals surface area (Å²) in [4.78, 5) is 49.9. The molecule has 0 saturated heterocycles. The minimum Gasteiger partial charge on any atom is -0.285 e. The van der Waals surface area contributed by atoms with Crippen LogP contribution in [-0.4, -0.2) is 92.8 Å². The molecule has 5 aliphatic heterocycles. The molecule has 400 valence electrons. The van der Waals surface area contributed by atoms with Crippen LogP contribution in [0.1, 0.15) is 90.5 Å². The Balaban J connectivity index is 0.000000111. The molecule has 0 saturated carbocycles. The van der Waals surface area contributed by atoms with Crippen LogP contribution in [0.5, 0.6) is 0 Å². The highest BCUT2D eigenvalue weighted by atomic mass is 15.3. The van der Waals surface area contributed by atoms with Crippen LogP contribution in [0.25, 0.3) is 32.8 Å². The van der Waals surface area contributed by atoms with Crippen molar-refractivity contribution < 1.29 is 0 Å². The summed E-state index contributed by atoms with van der Waals surface area (Å²) in [6.07, 6.45) is 25.7. The number of aromatic nitrogens is 13. The van der Waals surface area contributed by atoms with Crippen molar-refractivity contribution in [3.63, 3.8) is 0 Å². The molecule has 0 fully saturated rings. The highest BCUT2D eigenvalue weighted by Crippen LogP contribution is 2.20. The van der Waals surface area contributed by atoms with E-state index in [9.17, 15) is 0 Å². The Morgan fingerprint density at radius 1 is 0.325 bits per heavy atom. The van der Waals surface area contributed by atoms with Gasteiger partial charge in [-0.3, -0.25) is 73.9 Å². The zero-order valence-corrected chi connectivity index (χ0v) is 46.3. The summed E-state index contributed by atoms with van der Waals surface area (Å²) in [5.41, 5.74) is 21.8. The molecular weight excluding hydrogens is 997 g/mol. The topological polar surface area (TPSA) is 205 Å². The standard InChI is InChI=1S/C9H9N.4C8H8N2.3C7H7N3/c1-7-9-5-3-2-4-8(9)6-10-7;1-6-8-2-3-9-4-7(8)5-10-6;1-6-8-5-9-3-2-7(8)4-10-6;1-6-7-3-2-4-9-8(7)5-10-6;1-6-8-7(5-10-6)3-2-4-9-8;1-10-5-6-4-8-3-2-7(6)9-10;1-10-5-6-2-3-8-4-7(6)9-10;1-10-5-7-6(9-10)3-2-4-8-7/h2-5H,6H2,1H3;2-4H,5H2,1H3;2-3,5H,4H2,1H3;2*2-4H,5H2,1H3;3*2-5H,1H3. The average molecular weight is 1060 g/mol. The second kappa shape index (κ2) is 26.4. The zero-order valence-electron chi connectivity index (χ0n) is 46.3. The van der Waals surface area contributed by atoms with Crippen molar-refractivity contribution in [3.05, 3.63) is 228 Å². The second-order valence-electron chi connectivity index (χ2n) is 18.9. The maximum Gasteiger partial charge on any atom is 0.111 e. The molecule has 18 heteroatoms. The summed E-state index contributed by atoms with van der Waals surface area (Å²) in [6.45, 7) is 14.2. The van der Waals surface area contributed by atoms with Gasteiger partial charge in [-0.15, -0.1) is 0 Å². The fourth-order valence-corrected chi connectivity index (χ4v) is 8.96. The SMILES string of the molecule is CC1=NCc2ccccc21.CC1=NCc2cccnc21.CC1=NCc2ccncc21.CC1=NCc2cnccc21.CC1=NCc2ncccc21.Cn1cc2ccncc2n1.Cn1cc2cnccc2n1.Cn1cc2ncccc2n1. The molecule has 0 spiro atoms. The van der Waals surface area contributed by atoms with Gasteiger partial charge in [0.15, 0.2) is 0 Å². The van der Waals surface area contributed by atoms with Crippen molar-refractivity contribution in [2.45, 2.75) is 67.3 Å². The zero-order chi connectivity index (χ0) is 55.8. The summed E-state index contributed by atoms with van der Waals surface area (Å²) < 4.78 is 5.33. The minimum atomic E-state index is 0.766. The Bertz CT molecular complexity index is 3440. The van der Waals surface area contributed by atoms with Gasteiger partial charge in [-0.1, -0.05) is 30.3 Å². The number of rotatable bonds is 0. The highest BCUT2D eigenvalue weighted by molar-refractivity contribution is 6.03. The average Bonchev–Trinajstić information content (AvgIpc) is 4.40. The number of benzene rings is 1. The summed E-state index contributed by atoms with van der Waals surface area (Å²) in [6, 6.07) is 28.1. The first-order chi connectivity index (χ1) is 39.0. The van der Waals surface area contributed by atoms with Gasteiger partial charge in [0.2, 0.25) is 0 Å². The van der Waals surface area contributed by atoms with Crippen LogP contribution in [0.4, 0.5) is 0 Å². The molecular formula is C62H62N18. The highest BCUT2D eigenvalue weighted by Gasteiger charge is 2.14. The number of fused-ring (bicyclic) bond motifs is 8. The van der Waals surface area contributed by atoms with Crippen molar-refractivity contribution in [2.75, 3.05) is 0 Å². The van der Waals surface area contributed by atoms with Crippen molar-refractivity contribution >= 4 is 61.4 Å². The Labute approximate surface area is 464 Å². The predicted molar refractivity (Wildman–Crippen MR) is 318 cm³/mol. The Morgan fingerprint density at radius 3 is 1.59 bits per heavy atom. The third kappa shape index (κ3) is 14.1. The van der Waals surface area contributed by atoms with Gasteiger partial charge in [0.05, 0.1) is 67.7 Å². The first-order valence-corrected chi connectivity index (χ1v) is 26.1. The number of aryl methyl sites for hydroxylation is 3. The van der Waals surface area contributed by atoms with Gasteiger partial charge in [-0.05, 0) is 100 Å². The van der Waals surface area contributed by atoms with Crippen LogP contribution < -0.4 is 0 Å². The number of aliphatic imine (C=N–C) groups is 5. The summed E-state index contributed by atoms with van der Waals surface area (Å²) >= 11 is 0. The number of hydrogen-bond donors (Lipinski definition) is 0. The molecule has 0 amide bonds. The van der Waals surface area contributed by atoms with Crippen molar-refractivity contribution in [2.24, 2.45) is 46.1 Å². The number of pyridine rings is 7. The Hall–Kier alpha value is -9.97. The smallest absolute Gasteiger partial charge is 0.111 e.